The van der Waals surface area contributed by atoms with E-state index >= 15 is 0 Å². The van der Waals surface area contributed by atoms with Crippen LogP contribution in [0.25, 0.3) is 0 Å². The zero-order valence-corrected chi connectivity index (χ0v) is 15.3. The molecule has 7 heteroatoms. The molecular formula is C17H23N3O3S. The van der Waals surface area contributed by atoms with E-state index in [1.165, 1.54) is 17.8 Å². The van der Waals surface area contributed by atoms with Crippen LogP contribution in [-0.4, -0.2) is 21.1 Å². The summed E-state index contributed by atoms with van der Waals surface area (Å²) < 4.78 is 7.66. The number of nitro benzene ring substituents is 1. The smallest absolute Gasteiger partial charge is 0.270 e. The largest absolute Gasteiger partial charge is 0.374 e. The summed E-state index contributed by atoms with van der Waals surface area (Å²) in [4.78, 5) is 16.2. The number of hydrogen-bond acceptors (Lipinski definition) is 5. The van der Waals surface area contributed by atoms with Gasteiger partial charge in [0.05, 0.1) is 10.6 Å². The Balaban J connectivity index is 2.42. The lowest BCUT2D eigenvalue weighted by atomic mass is 10.1. The van der Waals surface area contributed by atoms with Crippen molar-refractivity contribution in [3.8, 4) is 0 Å². The van der Waals surface area contributed by atoms with Crippen molar-refractivity contribution >= 4 is 17.4 Å². The van der Waals surface area contributed by atoms with Gasteiger partial charge in [-0.1, -0.05) is 31.7 Å². The number of rotatable bonds is 8. The zero-order chi connectivity index (χ0) is 17.7. The van der Waals surface area contributed by atoms with Crippen LogP contribution in [0.1, 0.15) is 45.1 Å². The van der Waals surface area contributed by atoms with E-state index in [-0.39, 0.29) is 16.5 Å². The molecule has 6 nitrogen and oxygen atoms in total. The molecule has 2 aromatic rings. The maximum Gasteiger partial charge on any atom is 0.270 e. The van der Waals surface area contributed by atoms with Crippen LogP contribution < -0.4 is 0 Å². The van der Waals surface area contributed by atoms with Crippen LogP contribution in [0.4, 0.5) is 5.69 Å². The summed E-state index contributed by atoms with van der Waals surface area (Å²) in [5.41, 5.74) is 1.10. The van der Waals surface area contributed by atoms with Crippen LogP contribution in [0.3, 0.4) is 0 Å². The zero-order valence-electron chi connectivity index (χ0n) is 14.5. The lowest BCUT2D eigenvalue weighted by Gasteiger charge is -2.11. The number of aromatic nitrogens is 2. The summed E-state index contributed by atoms with van der Waals surface area (Å²) in [6.07, 6.45) is 0. The molecule has 0 aliphatic heterocycles. The van der Waals surface area contributed by atoms with Gasteiger partial charge in [-0.15, -0.1) is 0 Å². The Morgan fingerprint density at radius 2 is 2.12 bits per heavy atom. The van der Waals surface area contributed by atoms with E-state index in [1.807, 2.05) is 13.0 Å². The van der Waals surface area contributed by atoms with Gasteiger partial charge in [-0.2, -0.15) is 0 Å². The predicted octanol–water partition coefficient (Wildman–Crippen LogP) is 4.62. The Hall–Kier alpha value is -1.86. The molecule has 0 radical (unpaired) electrons. The molecule has 0 aliphatic carbocycles. The second-order valence-electron chi connectivity index (χ2n) is 5.61. The third-order valence-electron chi connectivity index (χ3n) is 3.57. The molecule has 0 unspecified atom stereocenters. The minimum absolute atomic E-state index is 0.100. The van der Waals surface area contributed by atoms with E-state index in [0.29, 0.717) is 13.2 Å². The van der Waals surface area contributed by atoms with Crippen molar-refractivity contribution in [1.29, 1.82) is 0 Å². The minimum atomic E-state index is -0.370. The van der Waals surface area contributed by atoms with E-state index in [2.05, 4.69) is 25.3 Å². The van der Waals surface area contributed by atoms with Crippen LogP contribution in [0.5, 0.6) is 0 Å². The van der Waals surface area contributed by atoms with Gasteiger partial charge in [0.2, 0.25) is 0 Å². The fourth-order valence-electron chi connectivity index (χ4n) is 2.39. The van der Waals surface area contributed by atoms with Crippen LogP contribution in [0.2, 0.25) is 0 Å². The average molecular weight is 349 g/mol. The summed E-state index contributed by atoms with van der Waals surface area (Å²) in [6.45, 7) is 10.1. The highest BCUT2D eigenvalue weighted by atomic mass is 32.2. The molecule has 24 heavy (non-hydrogen) atoms. The molecule has 0 fully saturated rings. The lowest BCUT2D eigenvalue weighted by molar-refractivity contribution is -0.385. The van der Waals surface area contributed by atoms with E-state index in [9.17, 15) is 10.1 Å². The van der Waals surface area contributed by atoms with Crippen molar-refractivity contribution in [2.45, 2.75) is 56.7 Å². The minimum Gasteiger partial charge on any atom is -0.374 e. The normalized spacial score (nSPS) is 11.2. The molecule has 2 rings (SSSR count). The first-order valence-corrected chi connectivity index (χ1v) is 8.88. The molecule has 0 spiro atoms. The van der Waals surface area contributed by atoms with Crippen molar-refractivity contribution < 1.29 is 9.66 Å². The standard InChI is InChI=1S/C17H23N3O3S/c1-5-19-15(11-23-6-2)18-16(12(3)4)17(19)24-14-9-7-8-13(10-14)20(21)22/h7-10,12H,5-6,11H2,1-4H3. The van der Waals surface area contributed by atoms with Gasteiger partial charge in [0, 0.05) is 30.2 Å². The Bertz CT molecular complexity index is 713. The number of imidazole rings is 1. The van der Waals surface area contributed by atoms with Crippen molar-refractivity contribution in [2.24, 2.45) is 0 Å². The molecule has 0 N–H and O–H groups in total. The number of nitrogens with zero attached hydrogens (tertiary/aromatic N) is 3. The summed E-state index contributed by atoms with van der Waals surface area (Å²) in [7, 11) is 0. The Kier molecular flexibility index (Phi) is 6.39. The summed E-state index contributed by atoms with van der Waals surface area (Å²) in [5, 5.41) is 12.0. The first kappa shape index (κ1) is 18.5. The Labute approximate surface area is 146 Å². The van der Waals surface area contributed by atoms with Crippen molar-refractivity contribution in [3.63, 3.8) is 0 Å². The van der Waals surface area contributed by atoms with Crippen LogP contribution in [0.15, 0.2) is 34.2 Å². The SMILES string of the molecule is CCOCc1nc(C(C)C)c(Sc2cccc([N+](=O)[O-])c2)n1CC. The maximum absolute atomic E-state index is 11.0. The monoisotopic (exact) mass is 349 g/mol. The van der Waals surface area contributed by atoms with E-state index in [0.717, 1.165) is 28.0 Å². The number of benzene rings is 1. The van der Waals surface area contributed by atoms with Crippen LogP contribution in [0, 0.1) is 10.1 Å². The molecule has 1 heterocycles. The van der Waals surface area contributed by atoms with Gasteiger partial charge >= 0.3 is 0 Å². The summed E-state index contributed by atoms with van der Waals surface area (Å²) in [6, 6.07) is 6.70. The summed E-state index contributed by atoms with van der Waals surface area (Å²) >= 11 is 1.52. The molecule has 0 aliphatic rings. The molecule has 1 aromatic carbocycles. The van der Waals surface area contributed by atoms with Gasteiger partial charge < -0.3 is 9.30 Å². The van der Waals surface area contributed by atoms with Crippen LogP contribution >= 0.6 is 11.8 Å². The van der Waals surface area contributed by atoms with E-state index in [4.69, 9.17) is 9.72 Å². The molecule has 130 valence electrons. The lowest BCUT2D eigenvalue weighted by Crippen LogP contribution is -2.05. The third-order valence-corrected chi connectivity index (χ3v) is 4.68. The topological polar surface area (TPSA) is 70.2 Å². The number of nitro groups is 1. The van der Waals surface area contributed by atoms with Crippen molar-refractivity contribution in [2.75, 3.05) is 6.61 Å². The second-order valence-corrected chi connectivity index (χ2v) is 6.67. The van der Waals surface area contributed by atoms with E-state index in [1.54, 1.807) is 12.1 Å². The van der Waals surface area contributed by atoms with E-state index < -0.39 is 0 Å². The Morgan fingerprint density at radius 1 is 1.38 bits per heavy atom. The Morgan fingerprint density at radius 3 is 2.71 bits per heavy atom. The van der Waals surface area contributed by atoms with Gasteiger partial charge in [0.1, 0.15) is 17.5 Å². The number of hydrogen-bond donors (Lipinski definition) is 0. The summed E-state index contributed by atoms with van der Waals surface area (Å²) in [5.74, 6) is 1.16. The number of non-ortho nitro benzene ring substituents is 1. The quantitative estimate of drug-likeness (QED) is 0.513. The first-order chi connectivity index (χ1) is 11.5. The van der Waals surface area contributed by atoms with Crippen molar-refractivity contribution in [3.05, 3.63) is 45.9 Å². The fourth-order valence-corrected chi connectivity index (χ4v) is 3.67. The van der Waals surface area contributed by atoms with Gasteiger partial charge in [-0.05, 0) is 25.8 Å². The van der Waals surface area contributed by atoms with Gasteiger partial charge in [-0.3, -0.25) is 10.1 Å². The number of ether oxygens (including phenoxy) is 1. The van der Waals surface area contributed by atoms with Gasteiger partial charge in [0.25, 0.3) is 5.69 Å². The predicted molar refractivity (Wildman–Crippen MR) is 94.5 cm³/mol. The molecule has 1 aromatic heterocycles. The molecule has 0 atom stereocenters. The maximum atomic E-state index is 11.0. The molecular weight excluding hydrogens is 326 g/mol. The average Bonchev–Trinajstić information content (AvgIpc) is 2.90. The first-order valence-electron chi connectivity index (χ1n) is 8.07. The molecule has 0 bridgehead atoms. The highest BCUT2D eigenvalue weighted by Crippen LogP contribution is 2.36. The molecule has 0 saturated carbocycles. The molecule has 0 amide bonds. The van der Waals surface area contributed by atoms with Crippen LogP contribution in [-0.2, 0) is 17.9 Å². The molecule has 0 saturated heterocycles. The van der Waals surface area contributed by atoms with Gasteiger partial charge in [0.15, 0.2) is 0 Å². The van der Waals surface area contributed by atoms with Crippen molar-refractivity contribution in [1.82, 2.24) is 9.55 Å². The highest BCUT2D eigenvalue weighted by molar-refractivity contribution is 7.99. The third kappa shape index (κ3) is 4.15. The fraction of sp³-hybridized carbons (Fsp3) is 0.471. The second kappa shape index (κ2) is 8.30. The highest BCUT2D eigenvalue weighted by Gasteiger charge is 2.20. The van der Waals surface area contributed by atoms with Gasteiger partial charge in [-0.25, -0.2) is 4.98 Å².